The molecule has 7 heteroatoms. The van der Waals surface area contributed by atoms with E-state index in [1.54, 1.807) is 16.0 Å². The second-order valence-corrected chi connectivity index (χ2v) is 7.35. The molecule has 0 aliphatic carbocycles. The zero-order chi connectivity index (χ0) is 15.0. The number of amides is 1. The van der Waals surface area contributed by atoms with Gasteiger partial charge in [0.05, 0.1) is 0 Å². The first-order valence-corrected chi connectivity index (χ1v) is 7.93. The van der Waals surface area contributed by atoms with Gasteiger partial charge in [-0.25, -0.2) is 4.68 Å². The predicted octanol–water partition coefficient (Wildman–Crippen LogP) is 1.62. The molecule has 0 saturated heterocycles. The number of carbonyl (C=O) groups excluding carboxylic acids is 1. The van der Waals surface area contributed by atoms with Gasteiger partial charge in [-0.2, -0.15) is 0 Å². The molecule has 0 aromatic carbocycles. The van der Waals surface area contributed by atoms with Gasteiger partial charge in [-0.05, 0) is 33.9 Å². The van der Waals surface area contributed by atoms with Gasteiger partial charge in [-0.3, -0.25) is 4.79 Å². The molecular weight excluding hydrogens is 286 g/mol. The van der Waals surface area contributed by atoms with E-state index in [-0.39, 0.29) is 17.9 Å². The molecule has 0 bridgehead atoms. The summed E-state index contributed by atoms with van der Waals surface area (Å²) in [5, 5.41) is 13.8. The summed E-state index contributed by atoms with van der Waals surface area (Å²) in [6.07, 6.45) is 0.945. The Labute approximate surface area is 127 Å². The summed E-state index contributed by atoms with van der Waals surface area (Å²) in [5.74, 6) is 0.814. The van der Waals surface area contributed by atoms with Crippen molar-refractivity contribution >= 4 is 17.2 Å². The van der Waals surface area contributed by atoms with Crippen LogP contribution in [0.2, 0.25) is 0 Å². The van der Waals surface area contributed by atoms with E-state index in [2.05, 4.69) is 27.0 Å². The summed E-state index contributed by atoms with van der Waals surface area (Å²) < 4.78 is 1.62. The lowest BCUT2D eigenvalue weighted by atomic mass is 9.96. The van der Waals surface area contributed by atoms with E-state index in [9.17, 15) is 4.79 Å². The lowest BCUT2D eigenvalue weighted by molar-refractivity contribution is -0.133. The molecule has 3 heterocycles. The molecule has 0 spiro atoms. The molecule has 1 aliphatic rings. The van der Waals surface area contributed by atoms with E-state index in [0.717, 1.165) is 18.8 Å². The molecule has 0 saturated carbocycles. The number of rotatable bonds is 2. The van der Waals surface area contributed by atoms with Crippen molar-refractivity contribution in [1.82, 2.24) is 25.1 Å². The van der Waals surface area contributed by atoms with Gasteiger partial charge in [-0.1, -0.05) is 20.8 Å². The van der Waals surface area contributed by atoms with E-state index in [1.165, 1.54) is 10.4 Å². The highest BCUT2D eigenvalue weighted by atomic mass is 32.1. The van der Waals surface area contributed by atoms with E-state index in [4.69, 9.17) is 0 Å². The van der Waals surface area contributed by atoms with Crippen molar-refractivity contribution in [3.63, 3.8) is 0 Å². The van der Waals surface area contributed by atoms with Crippen molar-refractivity contribution in [3.05, 3.63) is 27.7 Å². The van der Waals surface area contributed by atoms with Crippen LogP contribution in [-0.4, -0.2) is 37.6 Å². The lowest BCUT2D eigenvalue weighted by Crippen LogP contribution is -2.38. The summed E-state index contributed by atoms with van der Waals surface area (Å²) in [5.41, 5.74) is 1.10. The van der Waals surface area contributed by atoms with E-state index >= 15 is 0 Å². The zero-order valence-corrected chi connectivity index (χ0v) is 13.4. The van der Waals surface area contributed by atoms with Gasteiger partial charge >= 0.3 is 0 Å². The van der Waals surface area contributed by atoms with Crippen LogP contribution in [-0.2, 0) is 29.7 Å². The highest BCUT2D eigenvalue weighted by molar-refractivity contribution is 7.10. The Kier molecular flexibility index (Phi) is 3.52. The maximum Gasteiger partial charge on any atom is 0.244 e. The fourth-order valence-electron chi connectivity index (χ4n) is 2.54. The molecule has 3 rings (SSSR count). The molecule has 6 nitrogen and oxygen atoms in total. The number of nitrogens with zero attached hydrogens (tertiary/aromatic N) is 5. The Bertz CT molecular complexity index is 654. The zero-order valence-electron chi connectivity index (χ0n) is 12.5. The first-order chi connectivity index (χ1) is 9.95. The number of thiophene rings is 1. The maximum atomic E-state index is 12.5. The van der Waals surface area contributed by atoms with Crippen LogP contribution in [0.5, 0.6) is 0 Å². The average Bonchev–Trinajstić information content (AvgIpc) is 3.04. The topological polar surface area (TPSA) is 63.9 Å². The van der Waals surface area contributed by atoms with E-state index in [1.807, 2.05) is 25.7 Å². The van der Waals surface area contributed by atoms with Gasteiger partial charge in [0.1, 0.15) is 6.54 Å². The predicted molar refractivity (Wildman–Crippen MR) is 80.0 cm³/mol. The van der Waals surface area contributed by atoms with Gasteiger partial charge in [0.25, 0.3) is 0 Å². The molecule has 21 heavy (non-hydrogen) atoms. The second kappa shape index (κ2) is 5.22. The number of carbonyl (C=O) groups is 1. The molecule has 0 N–H and O–H groups in total. The van der Waals surface area contributed by atoms with E-state index < -0.39 is 0 Å². The number of fused-ring (bicyclic) bond motifs is 1. The second-order valence-electron chi connectivity index (χ2n) is 6.34. The van der Waals surface area contributed by atoms with Crippen molar-refractivity contribution in [3.8, 4) is 0 Å². The Morgan fingerprint density at radius 3 is 3.00 bits per heavy atom. The van der Waals surface area contributed by atoms with Crippen LogP contribution in [0.4, 0.5) is 0 Å². The molecule has 112 valence electrons. The minimum Gasteiger partial charge on any atom is -0.336 e. The summed E-state index contributed by atoms with van der Waals surface area (Å²) in [6, 6.07) is 2.11. The molecule has 1 amide bonds. The van der Waals surface area contributed by atoms with Crippen molar-refractivity contribution < 1.29 is 4.79 Å². The fourth-order valence-corrected chi connectivity index (χ4v) is 3.43. The van der Waals surface area contributed by atoms with Gasteiger partial charge in [0.2, 0.25) is 5.91 Å². The third kappa shape index (κ3) is 2.83. The third-order valence-corrected chi connectivity index (χ3v) is 4.67. The van der Waals surface area contributed by atoms with Crippen LogP contribution >= 0.6 is 11.3 Å². The molecule has 0 atom stereocenters. The maximum absolute atomic E-state index is 12.5. The third-order valence-electron chi connectivity index (χ3n) is 3.65. The van der Waals surface area contributed by atoms with Crippen molar-refractivity contribution in [2.24, 2.45) is 0 Å². The quantitative estimate of drug-likeness (QED) is 0.846. The minimum atomic E-state index is -0.174. The molecule has 0 unspecified atom stereocenters. The number of tetrazole rings is 1. The fraction of sp³-hybridized carbons (Fsp3) is 0.571. The van der Waals surface area contributed by atoms with Gasteiger partial charge < -0.3 is 4.90 Å². The van der Waals surface area contributed by atoms with Gasteiger partial charge in [0, 0.05) is 23.4 Å². The Morgan fingerprint density at radius 1 is 1.43 bits per heavy atom. The van der Waals surface area contributed by atoms with Crippen LogP contribution in [0.1, 0.15) is 37.0 Å². The normalized spacial score (nSPS) is 15.1. The van der Waals surface area contributed by atoms with Crippen LogP contribution in [0.25, 0.3) is 0 Å². The van der Waals surface area contributed by atoms with Crippen molar-refractivity contribution in [2.75, 3.05) is 6.54 Å². The standard InChI is InChI=1S/C14H19N5OS/c1-14(2,3)13-15-16-17-19(13)9-12(20)18-6-4-11-10(8-18)5-7-21-11/h5,7H,4,6,8-9H2,1-3H3. The summed E-state index contributed by atoms with van der Waals surface area (Å²) in [6.45, 7) is 7.80. The van der Waals surface area contributed by atoms with Crippen LogP contribution in [0, 0.1) is 0 Å². The summed E-state index contributed by atoms with van der Waals surface area (Å²) in [7, 11) is 0. The molecule has 0 radical (unpaired) electrons. The highest BCUT2D eigenvalue weighted by Gasteiger charge is 2.26. The van der Waals surface area contributed by atoms with Crippen LogP contribution in [0.15, 0.2) is 11.4 Å². The first kappa shape index (κ1) is 14.2. The van der Waals surface area contributed by atoms with Crippen LogP contribution < -0.4 is 0 Å². The SMILES string of the molecule is CC(C)(C)c1nnnn1CC(=O)N1CCc2sccc2C1. The molecular formula is C14H19N5OS. The molecule has 2 aromatic heterocycles. The largest absolute Gasteiger partial charge is 0.336 e. The van der Waals surface area contributed by atoms with Crippen molar-refractivity contribution in [1.29, 1.82) is 0 Å². The minimum absolute atomic E-state index is 0.0738. The highest BCUT2D eigenvalue weighted by Crippen LogP contribution is 2.24. The molecule has 0 fully saturated rings. The number of hydrogen-bond donors (Lipinski definition) is 0. The van der Waals surface area contributed by atoms with E-state index in [0.29, 0.717) is 6.54 Å². The monoisotopic (exact) mass is 305 g/mol. The Hall–Kier alpha value is -1.76. The van der Waals surface area contributed by atoms with Gasteiger partial charge in [-0.15, -0.1) is 16.4 Å². The summed E-state index contributed by atoms with van der Waals surface area (Å²) in [4.78, 5) is 15.8. The molecule has 2 aromatic rings. The smallest absolute Gasteiger partial charge is 0.244 e. The van der Waals surface area contributed by atoms with Crippen molar-refractivity contribution in [2.45, 2.75) is 45.7 Å². The Morgan fingerprint density at radius 2 is 2.24 bits per heavy atom. The summed E-state index contributed by atoms with van der Waals surface area (Å²) >= 11 is 1.77. The van der Waals surface area contributed by atoms with Gasteiger partial charge in [0.15, 0.2) is 5.82 Å². The average molecular weight is 305 g/mol. The first-order valence-electron chi connectivity index (χ1n) is 7.05. The molecule has 1 aliphatic heterocycles. The number of hydrogen-bond acceptors (Lipinski definition) is 5. The van der Waals surface area contributed by atoms with Crippen LogP contribution in [0.3, 0.4) is 0 Å². The Balaban J connectivity index is 1.72. The number of aromatic nitrogens is 4. The lowest BCUT2D eigenvalue weighted by Gasteiger charge is -2.27.